The zero-order chi connectivity index (χ0) is 22.6. The second-order valence-corrected chi connectivity index (χ2v) is 8.57. The summed E-state index contributed by atoms with van der Waals surface area (Å²) >= 11 is 6.41. The van der Waals surface area contributed by atoms with Gasteiger partial charge in [0.15, 0.2) is 0 Å². The summed E-state index contributed by atoms with van der Waals surface area (Å²) in [5.41, 5.74) is 5.41. The maximum absolute atomic E-state index is 12.5. The summed E-state index contributed by atoms with van der Waals surface area (Å²) in [6.07, 6.45) is 3.08. The molecule has 1 N–H and O–H groups in total. The van der Waals surface area contributed by atoms with Crippen LogP contribution in [0.2, 0.25) is 5.15 Å². The van der Waals surface area contributed by atoms with Crippen LogP contribution in [0.25, 0.3) is 6.08 Å². The standard InChI is InChI=1S/C23H31ClN4O2/c1-14(2)12-28-23(24)19(18(6)26-28)8-9-21(30)27(7)13-20(29)25-22-16(4)10-15(3)11-17(22)5/h8-11,14H,12-13H2,1-7H3,(H,25,29). The van der Waals surface area contributed by atoms with Crippen molar-refractivity contribution in [3.05, 3.63) is 51.3 Å². The SMILES string of the molecule is Cc1cc(C)c(NC(=O)CN(C)C(=O)C=Cc2c(C)nn(CC(C)C)c2Cl)c(C)c1. The topological polar surface area (TPSA) is 67.2 Å². The van der Waals surface area contributed by atoms with Gasteiger partial charge in [0.1, 0.15) is 5.15 Å². The molecule has 0 saturated heterocycles. The molecule has 1 aromatic heterocycles. The van der Waals surface area contributed by atoms with Crippen LogP contribution in [0.4, 0.5) is 5.69 Å². The van der Waals surface area contributed by atoms with Crippen LogP contribution in [0, 0.1) is 33.6 Å². The first-order valence-electron chi connectivity index (χ1n) is 10.0. The Morgan fingerprint density at radius 2 is 1.80 bits per heavy atom. The lowest BCUT2D eigenvalue weighted by atomic mass is 10.1. The number of carbonyl (C=O) groups is 2. The van der Waals surface area contributed by atoms with Gasteiger partial charge in [-0.2, -0.15) is 5.10 Å². The van der Waals surface area contributed by atoms with Crippen LogP contribution in [-0.2, 0) is 16.1 Å². The monoisotopic (exact) mass is 430 g/mol. The molecule has 1 aromatic carbocycles. The van der Waals surface area contributed by atoms with Crippen LogP contribution < -0.4 is 5.32 Å². The Kier molecular flexibility index (Phi) is 7.84. The molecule has 30 heavy (non-hydrogen) atoms. The zero-order valence-electron chi connectivity index (χ0n) is 18.8. The molecule has 1 heterocycles. The Morgan fingerprint density at radius 3 is 2.37 bits per heavy atom. The molecule has 2 rings (SSSR count). The molecule has 162 valence electrons. The number of aromatic nitrogens is 2. The Balaban J connectivity index is 2.03. The van der Waals surface area contributed by atoms with Crippen molar-refractivity contribution in [2.24, 2.45) is 5.92 Å². The number of amides is 2. The third kappa shape index (κ3) is 5.95. The first-order valence-corrected chi connectivity index (χ1v) is 10.4. The van der Waals surface area contributed by atoms with Crippen molar-refractivity contribution in [2.75, 3.05) is 18.9 Å². The molecule has 0 aliphatic rings. The smallest absolute Gasteiger partial charge is 0.246 e. The van der Waals surface area contributed by atoms with E-state index in [2.05, 4.69) is 24.3 Å². The molecule has 0 bridgehead atoms. The van der Waals surface area contributed by atoms with Crippen molar-refractivity contribution >= 4 is 35.2 Å². The Bertz CT molecular complexity index is 953. The zero-order valence-corrected chi connectivity index (χ0v) is 19.6. The molecular weight excluding hydrogens is 400 g/mol. The van der Waals surface area contributed by atoms with Crippen LogP contribution in [0.3, 0.4) is 0 Å². The van der Waals surface area contributed by atoms with Crippen molar-refractivity contribution in [1.29, 1.82) is 0 Å². The lowest BCUT2D eigenvalue weighted by Crippen LogP contribution is -2.34. The van der Waals surface area contributed by atoms with Gasteiger partial charge in [0, 0.05) is 30.9 Å². The number of hydrogen-bond acceptors (Lipinski definition) is 3. The number of benzene rings is 1. The van der Waals surface area contributed by atoms with Crippen LogP contribution in [-0.4, -0.2) is 40.1 Å². The summed E-state index contributed by atoms with van der Waals surface area (Å²) in [5, 5.41) is 7.86. The maximum atomic E-state index is 12.5. The van der Waals surface area contributed by atoms with E-state index in [1.807, 2.05) is 39.8 Å². The van der Waals surface area contributed by atoms with Gasteiger partial charge in [-0.1, -0.05) is 43.1 Å². The van der Waals surface area contributed by atoms with Crippen molar-refractivity contribution in [2.45, 2.75) is 48.1 Å². The van der Waals surface area contributed by atoms with Gasteiger partial charge in [0.25, 0.3) is 0 Å². The highest BCUT2D eigenvalue weighted by Gasteiger charge is 2.15. The van der Waals surface area contributed by atoms with E-state index in [0.717, 1.165) is 33.6 Å². The van der Waals surface area contributed by atoms with Gasteiger partial charge in [-0.3, -0.25) is 14.3 Å². The lowest BCUT2D eigenvalue weighted by Gasteiger charge is -2.17. The minimum absolute atomic E-state index is 0.0464. The first-order chi connectivity index (χ1) is 14.0. The summed E-state index contributed by atoms with van der Waals surface area (Å²) in [4.78, 5) is 26.3. The highest BCUT2D eigenvalue weighted by molar-refractivity contribution is 6.31. The third-order valence-corrected chi connectivity index (χ3v) is 5.14. The van der Waals surface area contributed by atoms with E-state index >= 15 is 0 Å². The van der Waals surface area contributed by atoms with Crippen LogP contribution in [0.1, 0.15) is 41.8 Å². The normalized spacial score (nSPS) is 11.4. The molecule has 7 heteroatoms. The summed E-state index contributed by atoms with van der Waals surface area (Å²) in [5.74, 6) is -0.117. The number of halogens is 1. The van der Waals surface area contributed by atoms with Gasteiger partial charge < -0.3 is 10.2 Å². The fourth-order valence-corrected chi connectivity index (χ4v) is 3.66. The van der Waals surface area contributed by atoms with E-state index in [4.69, 9.17) is 11.6 Å². The average molecular weight is 431 g/mol. The summed E-state index contributed by atoms with van der Waals surface area (Å²) in [6.45, 7) is 12.6. The van der Waals surface area contributed by atoms with Gasteiger partial charge in [0.05, 0.1) is 12.2 Å². The summed E-state index contributed by atoms with van der Waals surface area (Å²) < 4.78 is 1.75. The highest BCUT2D eigenvalue weighted by atomic mass is 35.5. The van der Waals surface area contributed by atoms with Gasteiger partial charge >= 0.3 is 0 Å². The third-order valence-electron chi connectivity index (χ3n) is 4.74. The van der Waals surface area contributed by atoms with Crippen LogP contribution in [0.5, 0.6) is 0 Å². The predicted octanol–water partition coefficient (Wildman–Crippen LogP) is 4.54. The van der Waals surface area contributed by atoms with Gasteiger partial charge in [-0.25, -0.2) is 0 Å². The van der Waals surface area contributed by atoms with E-state index in [9.17, 15) is 9.59 Å². The Hall–Kier alpha value is -2.60. The molecule has 2 aromatic rings. The molecule has 2 amide bonds. The number of hydrogen-bond donors (Lipinski definition) is 1. The minimum atomic E-state index is -0.283. The summed E-state index contributed by atoms with van der Waals surface area (Å²) in [6, 6.07) is 4.04. The van der Waals surface area contributed by atoms with Crippen molar-refractivity contribution in [3.8, 4) is 0 Å². The molecule has 0 unspecified atom stereocenters. The van der Waals surface area contributed by atoms with Crippen molar-refractivity contribution < 1.29 is 9.59 Å². The minimum Gasteiger partial charge on any atom is -0.333 e. The van der Waals surface area contributed by atoms with Crippen molar-refractivity contribution in [3.63, 3.8) is 0 Å². The molecule has 0 saturated carbocycles. The van der Waals surface area contributed by atoms with E-state index in [1.165, 1.54) is 11.0 Å². The van der Waals surface area contributed by atoms with E-state index in [0.29, 0.717) is 17.6 Å². The van der Waals surface area contributed by atoms with Gasteiger partial charge in [-0.05, 0) is 50.8 Å². The second kappa shape index (κ2) is 9.94. The van der Waals surface area contributed by atoms with E-state index in [-0.39, 0.29) is 18.4 Å². The average Bonchev–Trinajstić information content (AvgIpc) is 2.88. The predicted molar refractivity (Wildman–Crippen MR) is 123 cm³/mol. The summed E-state index contributed by atoms with van der Waals surface area (Å²) in [7, 11) is 1.59. The molecule has 0 spiro atoms. The van der Waals surface area contributed by atoms with Gasteiger partial charge in [-0.15, -0.1) is 0 Å². The van der Waals surface area contributed by atoms with Gasteiger partial charge in [0.2, 0.25) is 11.8 Å². The molecule has 0 fully saturated rings. The molecule has 0 aliphatic carbocycles. The molecular formula is C23H31ClN4O2. The number of likely N-dealkylation sites (N-methyl/N-ethyl adjacent to an activating group) is 1. The lowest BCUT2D eigenvalue weighted by molar-refractivity contribution is -0.129. The number of nitrogens with zero attached hydrogens (tertiary/aromatic N) is 3. The number of anilines is 1. The largest absolute Gasteiger partial charge is 0.333 e. The number of aryl methyl sites for hydroxylation is 4. The number of nitrogens with one attached hydrogen (secondary N) is 1. The Morgan fingerprint density at radius 1 is 1.20 bits per heavy atom. The first kappa shape index (κ1) is 23.7. The van der Waals surface area contributed by atoms with Crippen LogP contribution in [0.15, 0.2) is 18.2 Å². The second-order valence-electron chi connectivity index (χ2n) is 8.22. The molecule has 0 aliphatic heterocycles. The maximum Gasteiger partial charge on any atom is 0.246 e. The van der Waals surface area contributed by atoms with Crippen LogP contribution >= 0.6 is 11.6 Å². The molecule has 0 radical (unpaired) electrons. The molecule has 6 nitrogen and oxygen atoms in total. The Labute approximate surface area is 183 Å². The highest BCUT2D eigenvalue weighted by Crippen LogP contribution is 2.23. The van der Waals surface area contributed by atoms with E-state index in [1.54, 1.807) is 17.8 Å². The van der Waals surface area contributed by atoms with Crippen molar-refractivity contribution in [1.82, 2.24) is 14.7 Å². The number of carbonyl (C=O) groups excluding carboxylic acids is 2. The quantitative estimate of drug-likeness (QED) is 0.656. The molecule has 0 atom stereocenters. The number of rotatable bonds is 7. The fourth-order valence-electron chi connectivity index (χ4n) is 3.35. The van der Waals surface area contributed by atoms with E-state index < -0.39 is 0 Å². The fraction of sp³-hybridized carbons (Fsp3) is 0.435.